The third kappa shape index (κ3) is 7.03. The fourth-order valence-electron chi connectivity index (χ4n) is 3.57. The number of hydrogen-bond acceptors (Lipinski definition) is 7. The molecule has 1 aromatic rings. The average molecular weight is 438 g/mol. The summed E-state index contributed by atoms with van der Waals surface area (Å²) in [4.78, 5) is 57.3. The number of unbranched alkanes of at least 4 members (excludes halogenated alkanes) is 1. The van der Waals surface area contributed by atoms with Crippen LogP contribution < -0.4 is 22.1 Å². The third-order valence-corrected chi connectivity index (χ3v) is 5.22. The van der Waals surface area contributed by atoms with Crippen molar-refractivity contribution >= 4 is 23.7 Å². The molecule has 3 amide bonds. The molecule has 2 heterocycles. The van der Waals surface area contributed by atoms with Crippen LogP contribution in [0.5, 0.6) is 0 Å². The van der Waals surface area contributed by atoms with E-state index in [0.717, 1.165) is 0 Å². The number of hydrogen-bond donors (Lipinski definition) is 6. The van der Waals surface area contributed by atoms with Crippen LogP contribution >= 0.6 is 0 Å². The molecule has 12 heteroatoms. The van der Waals surface area contributed by atoms with Gasteiger partial charge in [0.1, 0.15) is 18.1 Å². The molecule has 1 fully saturated rings. The minimum Gasteiger partial charge on any atom is -0.480 e. The highest BCUT2D eigenvalue weighted by atomic mass is 16.4. The van der Waals surface area contributed by atoms with E-state index >= 15 is 0 Å². The number of amides is 3. The molecule has 172 valence electrons. The van der Waals surface area contributed by atoms with Gasteiger partial charge in [-0.15, -0.1) is 0 Å². The van der Waals surface area contributed by atoms with Crippen molar-refractivity contribution in [3.63, 3.8) is 0 Å². The van der Waals surface area contributed by atoms with Crippen molar-refractivity contribution in [3.05, 3.63) is 18.2 Å². The van der Waals surface area contributed by atoms with E-state index in [0.29, 0.717) is 50.9 Å². The monoisotopic (exact) mass is 437 g/mol. The molecule has 0 aliphatic carbocycles. The normalized spacial score (nSPS) is 17.7. The number of H-pyrrole nitrogens is 1. The lowest BCUT2D eigenvalue weighted by Gasteiger charge is -2.26. The largest absolute Gasteiger partial charge is 0.480 e. The van der Waals surface area contributed by atoms with Gasteiger partial charge in [-0.1, -0.05) is 0 Å². The summed E-state index contributed by atoms with van der Waals surface area (Å²) in [5, 5.41) is 14.7. The molecule has 1 saturated heterocycles. The molecule has 1 aliphatic heterocycles. The molecule has 12 nitrogen and oxygen atoms in total. The molecule has 0 bridgehead atoms. The lowest BCUT2D eigenvalue weighted by Crippen LogP contribution is -2.56. The first-order valence-corrected chi connectivity index (χ1v) is 10.4. The molecule has 8 N–H and O–H groups in total. The van der Waals surface area contributed by atoms with Gasteiger partial charge in [-0.3, -0.25) is 14.4 Å². The molecule has 0 radical (unpaired) electrons. The van der Waals surface area contributed by atoms with Crippen LogP contribution in [-0.2, 0) is 25.6 Å². The van der Waals surface area contributed by atoms with Crippen LogP contribution in [0.4, 0.5) is 0 Å². The van der Waals surface area contributed by atoms with Crippen LogP contribution in [0.2, 0.25) is 0 Å². The molecule has 0 spiro atoms. The lowest BCUT2D eigenvalue weighted by molar-refractivity contribution is -0.142. The zero-order valence-electron chi connectivity index (χ0n) is 17.4. The number of likely N-dealkylation sites (tertiary alicyclic amines) is 1. The fourth-order valence-corrected chi connectivity index (χ4v) is 3.57. The molecule has 1 aliphatic rings. The van der Waals surface area contributed by atoms with E-state index in [4.69, 9.17) is 11.5 Å². The van der Waals surface area contributed by atoms with E-state index in [1.165, 1.54) is 17.4 Å². The minimum atomic E-state index is -1.20. The van der Waals surface area contributed by atoms with E-state index in [1.54, 1.807) is 0 Å². The van der Waals surface area contributed by atoms with Gasteiger partial charge in [0.25, 0.3) is 0 Å². The van der Waals surface area contributed by atoms with Gasteiger partial charge in [-0.05, 0) is 38.6 Å². The number of carboxylic acid groups (broad SMARTS) is 1. The second-order valence-corrected chi connectivity index (χ2v) is 7.48. The summed E-state index contributed by atoms with van der Waals surface area (Å²) in [5.74, 6) is -2.59. The number of aliphatic carboxylic acids is 1. The SMILES string of the molecule is NCCCCC(NC(=O)C1CCCN1C(=O)CN)C(=O)NC(Cc1cnc[nH]1)C(=O)O. The summed E-state index contributed by atoms with van der Waals surface area (Å²) in [7, 11) is 0. The number of aromatic amines is 1. The number of carbonyl (C=O) groups is 4. The van der Waals surface area contributed by atoms with Crippen LogP contribution in [-0.4, -0.2) is 81.4 Å². The maximum Gasteiger partial charge on any atom is 0.326 e. The Morgan fingerprint density at radius 3 is 2.61 bits per heavy atom. The van der Waals surface area contributed by atoms with Gasteiger partial charge in [0.05, 0.1) is 12.9 Å². The Bertz CT molecular complexity index is 755. The van der Waals surface area contributed by atoms with E-state index in [1.807, 2.05) is 0 Å². The second-order valence-electron chi connectivity index (χ2n) is 7.48. The molecule has 3 atom stereocenters. The molecular weight excluding hydrogens is 406 g/mol. The van der Waals surface area contributed by atoms with Crippen molar-refractivity contribution < 1.29 is 24.3 Å². The van der Waals surface area contributed by atoms with Gasteiger partial charge in [0, 0.05) is 24.9 Å². The zero-order valence-corrected chi connectivity index (χ0v) is 17.4. The van der Waals surface area contributed by atoms with Crippen molar-refractivity contribution in [2.45, 2.75) is 56.7 Å². The number of imidazole rings is 1. The molecule has 1 aromatic heterocycles. The number of aromatic nitrogens is 2. The number of carbonyl (C=O) groups excluding carboxylic acids is 3. The van der Waals surface area contributed by atoms with Gasteiger partial charge >= 0.3 is 5.97 Å². The van der Waals surface area contributed by atoms with Crippen molar-refractivity contribution in [2.75, 3.05) is 19.6 Å². The predicted molar refractivity (Wildman–Crippen MR) is 110 cm³/mol. The standard InChI is InChI=1S/C19H31N7O5/c20-6-2-1-4-13(24-18(29)15-5-3-7-26(15)16(27)9-21)17(28)25-14(19(30)31)8-12-10-22-11-23-12/h10-11,13-15H,1-9,20-21H2,(H,22,23)(H,24,29)(H,25,28)(H,30,31). The number of nitrogens with zero attached hydrogens (tertiary/aromatic N) is 2. The van der Waals surface area contributed by atoms with Crippen LogP contribution in [0.15, 0.2) is 12.5 Å². The molecule has 31 heavy (non-hydrogen) atoms. The van der Waals surface area contributed by atoms with Gasteiger partial charge in [-0.25, -0.2) is 9.78 Å². The smallest absolute Gasteiger partial charge is 0.326 e. The number of carboxylic acids is 1. The summed E-state index contributed by atoms with van der Waals surface area (Å²) in [6.07, 6.45) is 5.58. The third-order valence-electron chi connectivity index (χ3n) is 5.22. The first-order chi connectivity index (χ1) is 14.9. The van der Waals surface area contributed by atoms with Crippen molar-refractivity contribution in [1.29, 1.82) is 0 Å². The van der Waals surface area contributed by atoms with Gasteiger partial charge < -0.3 is 37.1 Å². The predicted octanol–water partition coefficient (Wildman–Crippen LogP) is -1.91. The first kappa shape index (κ1) is 24.3. The van der Waals surface area contributed by atoms with Crippen LogP contribution in [0.1, 0.15) is 37.8 Å². The lowest BCUT2D eigenvalue weighted by atomic mass is 10.1. The average Bonchev–Trinajstić information content (AvgIpc) is 3.43. The maximum absolute atomic E-state index is 12.9. The van der Waals surface area contributed by atoms with E-state index in [2.05, 4.69) is 20.6 Å². The summed E-state index contributed by atoms with van der Waals surface area (Å²) in [5.41, 5.74) is 11.5. The summed E-state index contributed by atoms with van der Waals surface area (Å²) in [6.45, 7) is 0.669. The van der Waals surface area contributed by atoms with Crippen molar-refractivity contribution in [2.24, 2.45) is 11.5 Å². The summed E-state index contributed by atoms with van der Waals surface area (Å²) >= 11 is 0. The van der Waals surface area contributed by atoms with Gasteiger partial charge in [0.2, 0.25) is 17.7 Å². The van der Waals surface area contributed by atoms with E-state index in [-0.39, 0.29) is 18.9 Å². The van der Waals surface area contributed by atoms with E-state index in [9.17, 15) is 24.3 Å². The topological polar surface area (TPSA) is 197 Å². The minimum absolute atomic E-state index is 0.0198. The Kier molecular flexibility index (Phi) is 9.40. The van der Waals surface area contributed by atoms with Crippen LogP contribution in [0, 0.1) is 0 Å². The molecule has 2 rings (SSSR count). The molecule has 0 aromatic carbocycles. The number of nitrogens with one attached hydrogen (secondary N) is 3. The van der Waals surface area contributed by atoms with Crippen molar-refractivity contribution in [3.8, 4) is 0 Å². The molecular formula is C19H31N7O5. The Balaban J connectivity index is 2.06. The van der Waals surface area contributed by atoms with E-state index < -0.39 is 35.9 Å². The van der Waals surface area contributed by atoms with Crippen LogP contribution in [0.3, 0.4) is 0 Å². The Labute approximate surface area is 180 Å². The zero-order chi connectivity index (χ0) is 22.8. The van der Waals surface area contributed by atoms with Gasteiger partial charge in [0.15, 0.2) is 0 Å². The van der Waals surface area contributed by atoms with Crippen LogP contribution in [0.25, 0.3) is 0 Å². The highest BCUT2D eigenvalue weighted by Gasteiger charge is 2.35. The Morgan fingerprint density at radius 2 is 2.00 bits per heavy atom. The van der Waals surface area contributed by atoms with Gasteiger partial charge in [-0.2, -0.15) is 0 Å². The summed E-state index contributed by atoms with van der Waals surface area (Å²) < 4.78 is 0. The maximum atomic E-state index is 12.9. The Morgan fingerprint density at radius 1 is 1.23 bits per heavy atom. The van der Waals surface area contributed by atoms with Crippen molar-refractivity contribution in [1.82, 2.24) is 25.5 Å². The number of rotatable bonds is 12. The fraction of sp³-hybridized carbons (Fsp3) is 0.632. The quantitative estimate of drug-likeness (QED) is 0.203. The molecule has 0 saturated carbocycles. The summed E-state index contributed by atoms with van der Waals surface area (Å²) in [6, 6.07) is -2.83. The number of nitrogens with two attached hydrogens (primary N) is 2. The highest BCUT2D eigenvalue weighted by Crippen LogP contribution is 2.18. The molecule has 3 unspecified atom stereocenters. The first-order valence-electron chi connectivity index (χ1n) is 10.4. The highest BCUT2D eigenvalue weighted by molar-refractivity contribution is 5.93. The second kappa shape index (κ2) is 12.0. The Hall–Kier alpha value is -2.99.